The number of hydrogen-bond donors (Lipinski definition) is 0. The number of methoxy groups -OCH3 is 1. The molecule has 1 aromatic heterocycles. The van der Waals surface area contributed by atoms with Gasteiger partial charge in [0.15, 0.2) is 11.0 Å². The molecule has 11 heteroatoms. The van der Waals surface area contributed by atoms with Crippen molar-refractivity contribution in [1.82, 2.24) is 24.6 Å². The number of benzene rings is 2. The van der Waals surface area contributed by atoms with Crippen molar-refractivity contribution in [2.24, 2.45) is 0 Å². The molecule has 3 aromatic rings. The Morgan fingerprint density at radius 3 is 2.44 bits per heavy atom. The minimum atomic E-state index is -0.363. The maximum Gasteiger partial charge on any atom is 0.306 e. The first-order valence-electron chi connectivity index (χ1n) is 13.9. The first-order chi connectivity index (χ1) is 19.9. The zero-order chi connectivity index (χ0) is 29.2. The van der Waals surface area contributed by atoms with Crippen molar-refractivity contribution in [3.8, 4) is 22.8 Å². The van der Waals surface area contributed by atoms with E-state index in [9.17, 15) is 14.4 Å². The summed E-state index contributed by atoms with van der Waals surface area (Å²) in [6.45, 7) is 5.43. The molecule has 1 aliphatic heterocycles. The van der Waals surface area contributed by atoms with Crippen LogP contribution in [-0.2, 0) is 19.1 Å². The highest BCUT2D eigenvalue weighted by Gasteiger charge is 2.29. The summed E-state index contributed by atoms with van der Waals surface area (Å²) in [5.41, 5.74) is 1.79. The summed E-state index contributed by atoms with van der Waals surface area (Å²) in [6.07, 6.45) is 1.29. The molecule has 0 N–H and O–H groups in total. The first kappa shape index (κ1) is 30.1. The van der Waals surface area contributed by atoms with Crippen LogP contribution in [-0.4, -0.2) is 87.5 Å². The number of para-hydroxylation sites is 2. The standard InChI is InChI=1S/C30H37N5O5S/c1-4-40-28(38)17-16-27(37)34-19-18-33(21-22(34)2)26(36)15-10-20-41-30-32-31-29(23-11-6-5-7-12-23)35(30)24-13-8-9-14-25(24)39-3/h5-9,11-14,22H,4,10,15-21H2,1-3H3. The molecule has 1 saturated heterocycles. The molecule has 41 heavy (non-hydrogen) atoms. The van der Waals surface area contributed by atoms with Gasteiger partial charge in [0.2, 0.25) is 11.8 Å². The molecule has 0 saturated carbocycles. The molecule has 2 heterocycles. The Hall–Kier alpha value is -3.86. The second kappa shape index (κ2) is 14.7. The van der Waals surface area contributed by atoms with E-state index in [0.717, 1.165) is 22.2 Å². The molecule has 1 atom stereocenters. The van der Waals surface area contributed by atoms with Gasteiger partial charge in [-0.3, -0.25) is 19.0 Å². The van der Waals surface area contributed by atoms with Gasteiger partial charge in [0, 0.05) is 49.8 Å². The van der Waals surface area contributed by atoms with Crippen molar-refractivity contribution in [2.75, 3.05) is 39.1 Å². The maximum atomic E-state index is 13.0. The van der Waals surface area contributed by atoms with Crippen LogP contribution in [0, 0.1) is 0 Å². The quantitative estimate of drug-likeness (QED) is 0.178. The summed E-state index contributed by atoms with van der Waals surface area (Å²) in [5.74, 6) is 1.76. The highest BCUT2D eigenvalue weighted by atomic mass is 32.2. The number of carbonyl (C=O) groups is 3. The molecule has 2 amide bonds. The number of aromatic nitrogens is 3. The number of nitrogens with zero attached hydrogens (tertiary/aromatic N) is 5. The molecule has 1 fully saturated rings. The van der Waals surface area contributed by atoms with Crippen molar-refractivity contribution < 1.29 is 23.9 Å². The minimum absolute atomic E-state index is 0.0762. The van der Waals surface area contributed by atoms with Gasteiger partial charge in [-0.15, -0.1) is 10.2 Å². The molecule has 218 valence electrons. The number of rotatable bonds is 12. The third-order valence-electron chi connectivity index (χ3n) is 6.91. The van der Waals surface area contributed by atoms with Crippen molar-refractivity contribution >= 4 is 29.5 Å². The van der Waals surface area contributed by atoms with Crippen LogP contribution in [0.25, 0.3) is 17.1 Å². The Morgan fingerprint density at radius 2 is 1.71 bits per heavy atom. The van der Waals surface area contributed by atoms with Crippen molar-refractivity contribution in [1.29, 1.82) is 0 Å². The lowest BCUT2D eigenvalue weighted by Gasteiger charge is -2.40. The Morgan fingerprint density at radius 1 is 0.951 bits per heavy atom. The Bertz CT molecular complexity index is 1330. The van der Waals surface area contributed by atoms with E-state index in [1.54, 1.807) is 30.7 Å². The summed E-state index contributed by atoms with van der Waals surface area (Å²) in [7, 11) is 1.64. The molecule has 0 bridgehead atoms. The van der Waals surface area contributed by atoms with Crippen molar-refractivity contribution in [3.05, 3.63) is 54.6 Å². The lowest BCUT2D eigenvalue weighted by Crippen LogP contribution is -2.55. The third kappa shape index (κ3) is 7.66. The van der Waals surface area contributed by atoms with Gasteiger partial charge < -0.3 is 19.3 Å². The summed E-state index contributed by atoms with van der Waals surface area (Å²) in [6, 6.07) is 17.6. The third-order valence-corrected chi connectivity index (χ3v) is 7.92. The van der Waals surface area contributed by atoms with E-state index in [4.69, 9.17) is 9.47 Å². The lowest BCUT2D eigenvalue weighted by atomic mass is 10.1. The van der Waals surface area contributed by atoms with Gasteiger partial charge >= 0.3 is 5.97 Å². The van der Waals surface area contributed by atoms with Crippen LogP contribution in [0.15, 0.2) is 59.8 Å². The molecule has 0 aliphatic carbocycles. The van der Waals surface area contributed by atoms with Crippen LogP contribution in [0.1, 0.15) is 39.5 Å². The summed E-state index contributed by atoms with van der Waals surface area (Å²) >= 11 is 1.55. The number of thioether (sulfide) groups is 1. The monoisotopic (exact) mass is 579 g/mol. The normalized spacial score (nSPS) is 15.0. The van der Waals surface area contributed by atoms with Gasteiger partial charge in [0.25, 0.3) is 0 Å². The molecule has 0 spiro atoms. The second-order valence-electron chi connectivity index (χ2n) is 9.71. The predicted octanol–water partition coefficient (Wildman–Crippen LogP) is 4.22. The number of ether oxygens (including phenoxy) is 2. The van der Waals surface area contributed by atoms with E-state index in [0.29, 0.717) is 50.6 Å². The van der Waals surface area contributed by atoms with Crippen LogP contribution < -0.4 is 4.74 Å². The fraction of sp³-hybridized carbons (Fsp3) is 0.433. The topological polar surface area (TPSA) is 107 Å². The maximum absolute atomic E-state index is 13.0. The van der Waals surface area contributed by atoms with Crippen molar-refractivity contribution in [2.45, 2.75) is 50.7 Å². The zero-order valence-corrected chi connectivity index (χ0v) is 24.6. The van der Waals surface area contributed by atoms with E-state index in [-0.39, 0.29) is 36.7 Å². The molecular formula is C30H37N5O5S. The van der Waals surface area contributed by atoms with Gasteiger partial charge in [-0.2, -0.15) is 0 Å². The Balaban J connectivity index is 1.32. The molecule has 2 aromatic carbocycles. The van der Waals surface area contributed by atoms with E-state index in [2.05, 4.69) is 10.2 Å². The SMILES string of the molecule is CCOC(=O)CCC(=O)N1CCN(C(=O)CCCSc2nnc(-c3ccccc3)n2-c2ccccc2OC)CC1C. The van der Waals surface area contributed by atoms with Crippen LogP contribution in [0.2, 0.25) is 0 Å². The van der Waals surface area contributed by atoms with Crippen LogP contribution in [0.3, 0.4) is 0 Å². The molecule has 1 aliphatic rings. The Kier molecular flexibility index (Phi) is 10.8. The fourth-order valence-corrected chi connectivity index (χ4v) is 5.74. The molecule has 4 rings (SSSR count). The zero-order valence-electron chi connectivity index (χ0n) is 23.8. The molecule has 1 unspecified atom stereocenters. The number of hydrogen-bond acceptors (Lipinski definition) is 8. The van der Waals surface area contributed by atoms with E-state index in [1.807, 2.05) is 71.0 Å². The largest absolute Gasteiger partial charge is 0.495 e. The number of amides is 2. The Labute approximate surface area is 245 Å². The predicted molar refractivity (Wildman–Crippen MR) is 157 cm³/mol. The highest BCUT2D eigenvalue weighted by Crippen LogP contribution is 2.32. The number of piperazine rings is 1. The van der Waals surface area contributed by atoms with Gasteiger partial charge in [-0.25, -0.2) is 0 Å². The average Bonchev–Trinajstić information content (AvgIpc) is 3.42. The van der Waals surface area contributed by atoms with E-state index in [1.165, 1.54) is 0 Å². The summed E-state index contributed by atoms with van der Waals surface area (Å²) in [4.78, 5) is 40.8. The average molecular weight is 580 g/mol. The van der Waals surface area contributed by atoms with E-state index >= 15 is 0 Å². The van der Waals surface area contributed by atoms with Gasteiger partial charge in [0.05, 0.1) is 25.8 Å². The minimum Gasteiger partial charge on any atom is -0.495 e. The molecular weight excluding hydrogens is 542 g/mol. The van der Waals surface area contributed by atoms with Crippen LogP contribution in [0.4, 0.5) is 0 Å². The highest BCUT2D eigenvalue weighted by molar-refractivity contribution is 7.99. The smallest absolute Gasteiger partial charge is 0.306 e. The van der Waals surface area contributed by atoms with Crippen LogP contribution >= 0.6 is 11.8 Å². The summed E-state index contributed by atoms with van der Waals surface area (Å²) in [5, 5.41) is 9.70. The van der Waals surface area contributed by atoms with Gasteiger partial charge in [0.1, 0.15) is 5.75 Å². The number of carbonyl (C=O) groups excluding carboxylic acids is 3. The number of esters is 1. The lowest BCUT2D eigenvalue weighted by molar-refractivity contribution is -0.147. The fourth-order valence-electron chi connectivity index (χ4n) is 4.85. The first-order valence-corrected chi connectivity index (χ1v) is 14.9. The van der Waals surface area contributed by atoms with E-state index < -0.39 is 0 Å². The van der Waals surface area contributed by atoms with Gasteiger partial charge in [-0.1, -0.05) is 54.2 Å². The summed E-state index contributed by atoms with van der Waals surface area (Å²) < 4.78 is 12.5. The molecule has 0 radical (unpaired) electrons. The second-order valence-corrected chi connectivity index (χ2v) is 10.8. The molecule has 10 nitrogen and oxygen atoms in total. The van der Waals surface area contributed by atoms with Gasteiger partial charge in [-0.05, 0) is 32.4 Å². The van der Waals surface area contributed by atoms with Crippen LogP contribution in [0.5, 0.6) is 5.75 Å². The van der Waals surface area contributed by atoms with Crippen molar-refractivity contribution in [3.63, 3.8) is 0 Å².